The summed E-state index contributed by atoms with van der Waals surface area (Å²) < 4.78 is 0. The molecule has 1 unspecified atom stereocenters. The average molecular weight is 404 g/mol. The van der Waals surface area contributed by atoms with E-state index >= 15 is 0 Å². The smallest absolute Gasteiger partial charge is 0.243 e. The Morgan fingerprint density at radius 2 is 1.82 bits per heavy atom. The van der Waals surface area contributed by atoms with E-state index < -0.39 is 0 Å². The Kier molecular flexibility index (Phi) is 5.66. The molecular weight excluding hydrogens is 374 g/mol. The molecule has 1 atom stereocenters. The molecule has 1 N–H and O–H groups in total. The second-order valence-electron chi connectivity index (χ2n) is 8.81. The van der Waals surface area contributed by atoms with Gasteiger partial charge in [0.2, 0.25) is 11.8 Å². The van der Waals surface area contributed by atoms with E-state index in [4.69, 9.17) is 11.6 Å². The fourth-order valence-electron chi connectivity index (χ4n) is 5.15. The van der Waals surface area contributed by atoms with Gasteiger partial charge in [-0.3, -0.25) is 14.5 Å². The van der Waals surface area contributed by atoms with Crippen LogP contribution in [0.15, 0.2) is 24.3 Å². The predicted octanol–water partition coefficient (Wildman–Crippen LogP) is 3.21. The molecule has 6 heteroatoms. The van der Waals surface area contributed by atoms with Crippen molar-refractivity contribution >= 4 is 23.4 Å². The first-order chi connectivity index (χ1) is 13.5. The minimum Gasteiger partial charge on any atom is -0.352 e. The number of carbonyl (C=O) groups is 2. The van der Waals surface area contributed by atoms with Gasteiger partial charge in [-0.05, 0) is 62.9 Å². The van der Waals surface area contributed by atoms with E-state index in [2.05, 4.69) is 22.3 Å². The molecule has 1 spiro atoms. The summed E-state index contributed by atoms with van der Waals surface area (Å²) in [6, 6.07) is 7.95. The topological polar surface area (TPSA) is 52.7 Å². The van der Waals surface area contributed by atoms with E-state index in [-0.39, 0.29) is 23.3 Å². The van der Waals surface area contributed by atoms with Crippen LogP contribution in [0.5, 0.6) is 0 Å². The van der Waals surface area contributed by atoms with E-state index in [1.54, 1.807) is 11.9 Å². The van der Waals surface area contributed by atoms with Gasteiger partial charge in [0.05, 0.1) is 5.41 Å². The van der Waals surface area contributed by atoms with Gasteiger partial charge in [0.15, 0.2) is 0 Å². The van der Waals surface area contributed by atoms with Crippen molar-refractivity contribution in [2.45, 2.75) is 63.6 Å². The fourth-order valence-corrected chi connectivity index (χ4v) is 5.28. The first kappa shape index (κ1) is 19.7. The van der Waals surface area contributed by atoms with E-state index in [9.17, 15) is 9.59 Å². The van der Waals surface area contributed by atoms with Gasteiger partial charge in [0.25, 0.3) is 0 Å². The van der Waals surface area contributed by atoms with Gasteiger partial charge >= 0.3 is 0 Å². The third kappa shape index (κ3) is 3.92. The maximum Gasteiger partial charge on any atom is 0.243 e. The molecule has 0 bridgehead atoms. The van der Waals surface area contributed by atoms with Crippen LogP contribution in [0.25, 0.3) is 0 Å². The second-order valence-corrected chi connectivity index (χ2v) is 9.25. The van der Waals surface area contributed by atoms with Gasteiger partial charge in [0, 0.05) is 24.7 Å². The highest BCUT2D eigenvalue weighted by Crippen LogP contribution is 2.44. The van der Waals surface area contributed by atoms with Crippen LogP contribution >= 0.6 is 11.6 Å². The summed E-state index contributed by atoms with van der Waals surface area (Å²) in [4.78, 5) is 29.9. The Hall–Kier alpha value is -1.59. The second kappa shape index (κ2) is 8.03. The standard InChI is InChI=1S/C22H30ClN3O2/c1-25-19(20(27)24-18-4-2-3-5-18)14-22(21(25)28)10-12-26(13-11-22)15-16-6-8-17(23)9-7-16/h6-9,18-19H,2-5,10-15H2,1H3,(H,24,27). The number of benzene rings is 1. The quantitative estimate of drug-likeness (QED) is 0.839. The van der Waals surface area contributed by atoms with E-state index in [1.165, 1.54) is 18.4 Å². The highest BCUT2D eigenvalue weighted by molar-refractivity contribution is 6.30. The van der Waals surface area contributed by atoms with Crippen molar-refractivity contribution in [3.63, 3.8) is 0 Å². The predicted molar refractivity (Wildman–Crippen MR) is 110 cm³/mol. The molecule has 1 aliphatic carbocycles. The molecule has 152 valence electrons. The molecule has 5 nitrogen and oxygen atoms in total. The largest absolute Gasteiger partial charge is 0.352 e. The molecule has 2 aliphatic heterocycles. The molecular formula is C22H30ClN3O2. The number of nitrogens with one attached hydrogen (secondary N) is 1. The number of piperidine rings is 1. The monoisotopic (exact) mass is 403 g/mol. The summed E-state index contributed by atoms with van der Waals surface area (Å²) >= 11 is 5.97. The van der Waals surface area contributed by atoms with Gasteiger partial charge in [-0.25, -0.2) is 0 Å². The Morgan fingerprint density at radius 3 is 2.46 bits per heavy atom. The van der Waals surface area contributed by atoms with Gasteiger partial charge in [-0.2, -0.15) is 0 Å². The molecule has 3 fully saturated rings. The lowest BCUT2D eigenvalue weighted by atomic mass is 9.76. The molecule has 2 amide bonds. The van der Waals surface area contributed by atoms with E-state index in [1.807, 2.05) is 12.1 Å². The number of carbonyl (C=O) groups excluding carboxylic acids is 2. The summed E-state index contributed by atoms with van der Waals surface area (Å²) in [5.41, 5.74) is 0.882. The molecule has 1 saturated carbocycles. The van der Waals surface area contributed by atoms with Crippen molar-refractivity contribution in [2.24, 2.45) is 5.41 Å². The van der Waals surface area contributed by atoms with Crippen molar-refractivity contribution in [2.75, 3.05) is 20.1 Å². The van der Waals surface area contributed by atoms with Gasteiger partial charge in [0.1, 0.15) is 6.04 Å². The van der Waals surface area contributed by atoms with Crippen LogP contribution in [-0.4, -0.2) is 53.8 Å². The summed E-state index contributed by atoms with van der Waals surface area (Å²) in [7, 11) is 1.80. The van der Waals surface area contributed by atoms with Crippen molar-refractivity contribution in [3.05, 3.63) is 34.9 Å². The summed E-state index contributed by atoms with van der Waals surface area (Å²) in [6.45, 7) is 2.65. The number of likely N-dealkylation sites (N-methyl/N-ethyl adjacent to an activating group) is 1. The summed E-state index contributed by atoms with van der Waals surface area (Å²) in [6.07, 6.45) is 6.85. The van der Waals surface area contributed by atoms with Crippen LogP contribution < -0.4 is 5.32 Å². The molecule has 2 heterocycles. The number of amides is 2. The lowest BCUT2D eigenvalue weighted by Crippen LogP contribution is -2.46. The average Bonchev–Trinajstić information content (AvgIpc) is 3.28. The molecule has 2 saturated heterocycles. The Morgan fingerprint density at radius 1 is 1.18 bits per heavy atom. The van der Waals surface area contributed by atoms with Gasteiger partial charge in [-0.15, -0.1) is 0 Å². The first-order valence-corrected chi connectivity index (χ1v) is 10.9. The van der Waals surface area contributed by atoms with Crippen LogP contribution in [0.3, 0.4) is 0 Å². The Balaban J connectivity index is 1.35. The third-order valence-electron chi connectivity index (χ3n) is 6.96. The van der Waals surface area contributed by atoms with E-state index in [0.29, 0.717) is 12.5 Å². The minimum atomic E-state index is -0.358. The molecule has 0 radical (unpaired) electrons. The van der Waals surface area contributed by atoms with Crippen molar-refractivity contribution < 1.29 is 9.59 Å². The number of rotatable bonds is 4. The van der Waals surface area contributed by atoms with E-state index in [0.717, 1.165) is 50.3 Å². The number of nitrogens with zero attached hydrogens (tertiary/aromatic N) is 2. The number of halogens is 1. The fraction of sp³-hybridized carbons (Fsp3) is 0.636. The Labute approximate surface area is 172 Å². The molecule has 1 aromatic rings. The molecule has 4 rings (SSSR count). The normalized spacial score (nSPS) is 25.6. The summed E-state index contributed by atoms with van der Waals surface area (Å²) in [5, 5.41) is 3.94. The SMILES string of the molecule is CN1C(=O)C2(CCN(Cc3ccc(Cl)cc3)CC2)CC1C(=O)NC1CCCC1. The zero-order chi connectivity index (χ0) is 19.7. The maximum absolute atomic E-state index is 13.0. The van der Waals surface area contributed by atoms with Crippen molar-refractivity contribution in [1.29, 1.82) is 0 Å². The van der Waals surface area contributed by atoms with Crippen LogP contribution in [0.4, 0.5) is 0 Å². The third-order valence-corrected chi connectivity index (χ3v) is 7.21. The van der Waals surface area contributed by atoms with Crippen LogP contribution in [0.2, 0.25) is 5.02 Å². The molecule has 1 aromatic carbocycles. The number of hydrogen-bond donors (Lipinski definition) is 1. The molecule has 0 aromatic heterocycles. The van der Waals surface area contributed by atoms with Gasteiger partial charge in [-0.1, -0.05) is 36.6 Å². The zero-order valence-corrected chi connectivity index (χ0v) is 17.4. The zero-order valence-electron chi connectivity index (χ0n) is 16.6. The van der Waals surface area contributed by atoms with Crippen LogP contribution in [0, 0.1) is 5.41 Å². The lowest BCUT2D eigenvalue weighted by Gasteiger charge is -2.37. The Bertz CT molecular complexity index is 722. The molecule has 3 aliphatic rings. The highest BCUT2D eigenvalue weighted by Gasteiger charge is 2.53. The number of likely N-dealkylation sites (tertiary alicyclic amines) is 2. The first-order valence-electron chi connectivity index (χ1n) is 10.5. The number of hydrogen-bond acceptors (Lipinski definition) is 3. The lowest BCUT2D eigenvalue weighted by molar-refractivity contribution is -0.140. The minimum absolute atomic E-state index is 0.0446. The van der Waals surface area contributed by atoms with Gasteiger partial charge < -0.3 is 10.2 Å². The van der Waals surface area contributed by atoms with Crippen molar-refractivity contribution in [3.8, 4) is 0 Å². The van der Waals surface area contributed by atoms with Crippen molar-refractivity contribution in [1.82, 2.24) is 15.1 Å². The maximum atomic E-state index is 13.0. The van der Waals surface area contributed by atoms with Crippen LogP contribution in [0.1, 0.15) is 50.5 Å². The molecule has 28 heavy (non-hydrogen) atoms. The summed E-state index contributed by atoms with van der Waals surface area (Å²) in [5.74, 6) is 0.202. The van der Waals surface area contributed by atoms with Crippen LogP contribution in [-0.2, 0) is 16.1 Å². The highest BCUT2D eigenvalue weighted by atomic mass is 35.5.